The zero-order chi connectivity index (χ0) is 20.1. The van der Waals surface area contributed by atoms with E-state index >= 15 is 0 Å². The molecule has 0 radical (unpaired) electrons. The molecule has 6 heteroatoms. The Labute approximate surface area is 165 Å². The second-order valence-corrected chi connectivity index (χ2v) is 7.65. The molecule has 0 saturated carbocycles. The first-order valence-corrected chi connectivity index (χ1v) is 9.24. The maximum atomic E-state index is 10.8. The van der Waals surface area contributed by atoms with Gasteiger partial charge in [-0.3, -0.25) is 0 Å². The van der Waals surface area contributed by atoms with Crippen molar-refractivity contribution in [3.8, 4) is 5.75 Å². The highest BCUT2D eigenvalue weighted by Gasteiger charge is 2.13. The van der Waals surface area contributed by atoms with Crippen LogP contribution in [0.2, 0.25) is 0 Å². The number of nitrogens with one attached hydrogen (secondary N) is 1. The van der Waals surface area contributed by atoms with Crippen LogP contribution in [0.1, 0.15) is 31.9 Å². The number of urea groups is 1. The second kappa shape index (κ2) is 8.17. The summed E-state index contributed by atoms with van der Waals surface area (Å²) in [6, 6.07) is 15.6. The molecule has 0 aliphatic carbocycles. The van der Waals surface area contributed by atoms with Crippen LogP contribution in [0.3, 0.4) is 0 Å². The van der Waals surface area contributed by atoms with Gasteiger partial charge in [0, 0.05) is 22.7 Å². The van der Waals surface area contributed by atoms with E-state index in [9.17, 15) is 4.79 Å². The lowest BCUT2D eigenvalue weighted by Crippen LogP contribution is -2.24. The van der Waals surface area contributed by atoms with Crippen LogP contribution in [-0.2, 0) is 12.0 Å². The molecule has 0 aliphatic rings. The molecule has 0 spiro atoms. The quantitative estimate of drug-likeness (QED) is 0.502. The Morgan fingerprint density at radius 1 is 1.18 bits per heavy atom. The van der Waals surface area contributed by atoms with Gasteiger partial charge in [-0.15, -0.1) is 0 Å². The lowest BCUT2D eigenvalue weighted by Gasteiger charge is -2.19. The summed E-state index contributed by atoms with van der Waals surface area (Å²) in [5.74, 6) is 0.858. The summed E-state index contributed by atoms with van der Waals surface area (Å²) in [4.78, 5) is 10.8. The summed E-state index contributed by atoms with van der Waals surface area (Å²) in [7, 11) is 0. The highest BCUT2D eigenvalue weighted by molar-refractivity contribution is 5.99. The third kappa shape index (κ3) is 4.71. The first-order valence-electron chi connectivity index (χ1n) is 9.24. The van der Waals surface area contributed by atoms with Gasteiger partial charge < -0.3 is 15.0 Å². The average molecular weight is 378 g/mol. The van der Waals surface area contributed by atoms with Gasteiger partial charge in [-0.25, -0.2) is 10.2 Å². The smallest absolute Gasteiger partial charge is 0.332 e. The number of carbonyl (C=O) groups is 1. The van der Waals surface area contributed by atoms with Gasteiger partial charge in [0.15, 0.2) is 0 Å². The third-order valence-corrected chi connectivity index (χ3v) is 4.52. The number of aromatic nitrogens is 1. The monoisotopic (exact) mass is 378 g/mol. The van der Waals surface area contributed by atoms with E-state index in [4.69, 9.17) is 10.5 Å². The van der Waals surface area contributed by atoms with Gasteiger partial charge in [-0.05, 0) is 29.2 Å². The van der Waals surface area contributed by atoms with Gasteiger partial charge in [-0.2, -0.15) is 5.10 Å². The number of hydrogen-bond donors (Lipinski definition) is 2. The Balaban J connectivity index is 1.69. The number of rotatable bonds is 6. The predicted molar refractivity (Wildman–Crippen MR) is 113 cm³/mol. The zero-order valence-corrected chi connectivity index (χ0v) is 16.5. The fourth-order valence-electron chi connectivity index (χ4n) is 3.04. The van der Waals surface area contributed by atoms with Crippen molar-refractivity contribution in [3.05, 3.63) is 65.9 Å². The minimum atomic E-state index is -0.689. The molecular formula is C22H26N4O2. The number of para-hydroxylation sites is 1. The number of amides is 2. The highest BCUT2D eigenvalue weighted by Crippen LogP contribution is 2.24. The molecule has 2 amide bonds. The molecule has 3 N–H and O–H groups in total. The predicted octanol–water partition coefficient (Wildman–Crippen LogP) is 4.02. The summed E-state index contributed by atoms with van der Waals surface area (Å²) in [5, 5.41) is 4.91. The molecule has 0 fully saturated rings. The number of primary amides is 1. The Morgan fingerprint density at radius 2 is 1.89 bits per heavy atom. The second-order valence-electron chi connectivity index (χ2n) is 7.65. The fraction of sp³-hybridized carbons (Fsp3) is 0.273. The lowest BCUT2D eigenvalue weighted by molar-refractivity contribution is 0.249. The number of nitrogens with two attached hydrogens (primary N) is 1. The molecule has 146 valence electrons. The van der Waals surface area contributed by atoms with Gasteiger partial charge in [0.2, 0.25) is 0 Å². The number of hydrazone groups is 1. The molecule has 3 rings (SSSR count). The number of ether oxygens (including phenoxy) is 1. The van der Waals surface area contributed by atoms with E-state index in [0.717, 1.165) is 22.2 Å². The molecule has 0 aliphatic heterocycles. The first kappa shape index (κ1) is 19.5. The molecule has 0 bridgehead atoms. The van der Waals surface area contributed by atoms with Crippen LogP contribution >= 0.6 is 0 Å². The van der Waals surface area contributed by atoms with E-state index in [2.05, 4.69) is 48.0 Å². The number of benzene rings is 2. The van der Waals surface area contributed by atoms with E-state index in [0.29, 0.717) is 13.2 Å². The molecule has 1 heterocycles. The van der Waals surface area contributed by atoms with Crippen molar-refractivity contribution in [3.63, 3.8) is 0 Å². The van der Waals surface area contributed by atoms with Gasteiger partial charge in [0.05, 0.1) is 12.8 Å². The summed E-state index contributed by atoms with van der Waals surface area (Å²) in [5.41, 5.74) is 10.7. The van der Waals surface area contributed by atoms with Crippen LogP contribution in [0.25, 0.3) is 10.9 Å². The number of carbonyl (C=O) groups excluding carboxylic acids is 1. The largest absolute Gasteiger partial charge is 0.492 e. The Hall–Kier alpha value is -3.28. The van der Waals surface area contributed by atoms with Crippen LogP contribution in [-0.4, -0.2) is 23.4 Å². The van der Waals surface area contributed by atoms with Crippen molar-refractivity contribution in [2.24, 2.45) is 10.8 Å². The van der Waals surface area contributed by atoms with Gasteiger partial charge >= 0.3 is 6.03 Å². The maximum absolute atomic E-state index is 10.8. The van der Waals surface area contributed by atoms with Gasteiger partial charge in [0.1, 0.15) is 12.4 Å². The summed E-state index contributed by atoms with van der Waals surface area (Å²) < 4.78 is 8.04. The molecule has 0 unspecified atom stereocenters. The minimum absolute atomic E-state index is 0.129. The molecule has 2 aromatic carbocycles. The number of nitrogens with zero attached hydrogens (tertiary/aromatic N) is 2. The topological polar surface area (TPSA) is 81.6 Å². The zero-order valence-electron chi connectivity index (χ0n) is 16.5. The van der Waals surface area contributed by atoms with Crippen molar-refractivity contribution >= 4 is 23.1 Å². The van der Waals surface area contributed by atoms with Crippen molar-refractivity contribution in [1.29, 1.82) is 0 Å². The van der Waals surface area contributed by atoms with Gasteiger partial charge in [-0.1, -0.05) is 51.1 Å². The molecule has 1 aromatic heterocycles. The van der Waals surface area contributed by atoms with Crippen LogP contribution in [0.15, 0.2) is 59.8 Å². The molecule has 3 aromatic rings. The fourth-order valence-corrected chi connectivity index (χ4v) is 3.04. The maximum Gasteiger partial charge on any atom is 0.332 e. The Morgan fingerprint density at radius 3 is 2.57 bits per heavy atom. The van der Waals surface area contributed by atoms with Crippen LogP contribution < -0.4 is 15.9 Å². The first-order chi connectivity index (χ1) is 13.3. The Kier molecular flexibility index (Phi) is 5.68. The van der Waals surface area contributed by atoms with Crippen molar-refractivity contribution in [1.82, 2.24) is 9.99 Å². The molecular weight excluding hydrogens is 352 g/mol. The van der Waals surface area contributed by atoms with Crippen LogP contribution in [0, 0.1) is 0 Å². The van der Waals surface area contributed by atoms with E-state index in [1.165, 1.54) is 5.56 Å². The van der Waals surface area contributed by atoms with Crippen molar-refractivity contribution in [2.45, 2.75) is 32.7 Å². The third-order valence-electron chi connectivity index (χ3n) is 4.52. The van der Waals surface area contributed by atoms with Gasteiger partial charge in [0.25, 0.3) is 0 Å². The average Bonchev–Trinajstić information content (AvgIpc) is 2.99. The summed E-state index contributed by atoms with van der Waals surface area (Å²) >= 11 is 0. The minimum Gasteiger partial charge on any atom is -0.492 e. The SMILES string of the molecule is CC(C)(C)c1ccc(OCCn2cc(/C=N/NC(N)=O)c3ccccc32)cc1. The van der Waals surface area contributed by atoms with Crippen LogP contribution in [0.4, 0.5) is 4.79 Å². The van der Waals surface area contributed by atoms with E-state index in [1.54, 1.807) is 6.21 Å². The Bertz CT molecular complexity index is 982. The molecule has 6 nitrogen and oxygen atoms in total. The highest BCUT2D eigenvalue weighted by atomic mass is 16.5. The number of fused-ring (bicyclic) bond motifs is 1. The summed E-state index contributed by atoms with van der Waals surface area (Å²) in [6.07, 6.45) is 3.58. The normalized spacial score (nSPS) is 11.8. The van der Waals surface area contributed by atoms with E-state index in [1.807, 2.05) is 42.6 Å². The summed E-state index contributed by atoms with van der Waals surface area (Å²) in [6.45, 7) is 7.82. The lowest BCUT2D eigenvalue weighted by atomic mass is 9.87. The van der Waals surface area contributed by atoms with E-state index < -0.39 is 6.03 Å². The van der Waals surface area contributed by atoms with Crippen molar-refractivity contribution < 1.29 is 9.53 Å². The molecule has 0 atom stereocenters. The van der Waals surface area contributed by atoms with Crippen LogP contribution in [0.5, 0.6) is 5.75 Å². The van der Waals surface area contributed by atoms with Crippen molar-refractivity contribution in [2.75, 3.05) is 6.61 Å². The number of hydrogen-bond acceptors (Lipinski definition) is 3. The van der Waals surface area contributed by atoms with E-state index in [-0.39, 0.29) is 5.41 Å². The molecule has 28 heavy (non-hydrogen) atoms. The molecule has 0 saturated heterocycles. The standard InChI is InChI=1S/C22H26N4O2/c1-22(2,3)17-8-10-18(11-9-17)28-13-12-26-15-16(14-24-25-21(23)27)19-6-4-5-7-20(19)26/h4-11,14-15H,12-13H2,1-3H3,(H3,23,25,27)/b24-14+.